The third-order valence-electron chi connectivity index (χ3n) is 4.97. The molecule has 0 saturated heterocycles. The van der Waals surface area contributed by atoms with E-state index >= 15 is 0 Å². The van der Waals surface area contributed by atoms with Gasteiger partial charge in [0.2, 0.25) is 0 Å². The molecule has 0 aromatic heterocycles. The van der Waals surface area contributed by atoms with Crippen LogP contribution < -0.4 is 10.1 Å². The number of carboxylic acid groups (broad SMARTS) is 2. The SMILES string of the molecule is CC1=C(C(=O)O)C(c2ccccc2OCc2cccc([N+](=O)[O-])c2)C(C(=O)O)=C(C)N1. The summed E-state index contributed by atoms with van der Waals surface area (Å²) in [5.74, 6) is -3.25. The van der Waals surface area contributed by atoms with Crippen molar-refractivity contribution in [1.29, 1.82) is 0 Å². The number of nitro groups is 1. The molecule has 0 spiro atoms. The van der Waals surface area contributed by atoms with Crippen molar-refractivity contribution >= 4 is 17.6 Å². The zero-order valence-corrected chi connectivity index (χ0v) is 16.8. The van der Waals surface area contributed by atoms with E-state index in [0.29, 0.717) is 28.3 Å². The number of nitro benzene ring substituents is 1. The fraction of sp³-hybridized carbons (Fsp3) is 0.182. The molecule has 3 N–H and O–H groups in total. The average Bonchev–Trinajstić information content (AvgIpc) is 2.71. The molecule has 9 heteroatoms. The van der Waals surface area contributed by atoms with E-state index in [0.717, 1.165) is 0 Å². The monoisotopic (exact) mass is 424 g/mol. The first kappa shape index (κ1) is 21.6. The Bertz CT molecular complexity index is 1100. The van der Waals surface area contributed by atoms with E-state index in [1.165, 1.54) is 12.1 Å². The molecule has 1 heterocycles. The molecule has 9 nitrogen and oxygen atoms in total. The molecule has 0 atom stereocenters. The average molecular weight is 424 g/mol. The van der Waals surface area contributed by atoms with Crippen LogP contribution in [0.25, 0.3) is 0 Å². The number of dihydropyridines is 1. The third-order valence-corrected chi connectivity index (χ3v) is 4.97. The van der Waals surface area contributed by atoms with E-state index < -0.39 is 22.8 Å². The normalized spacial score (nSPS) is 14.3. The van der Waals surface area contributed by atoms with E-state index in [9.17, 15) is 29.9 Å². The van der Waals surface area contributed by atoms with Crippen LogP contribution in [0.2, 0.25) is 0 Å². The van der Waals surface area contributed by atoms with Crippen LogP contribution in [0.5, 0.6) is 5.75 Å². The summed E-state index contributed by atoms with van der Waals surface area (Å²) in [6.45, 7) is 3.14. The molecule has 2 aromatic carbocycles. The number of nitrogens with zero attached hydrogens (tertiary/aromatic N) is 1. The van der Waals surface area contributed by atoms with Gasteiger partial charge in [-0.05, 0) is 25.5 Å². The number of ether oxygens (including phenoxy) is 1. The third kappa shape index (κ3) is 4.40. The summed E-state index contributed by atoms with van der Waals surface area (Å²) in [5, 5.41) is 33.4. The molecule has 1 aliphatic rings. The van der Waals surface area contributed by atoms with E-state index in [-0.39, 0.29) is 23.4 Å². The summed E-state index contributed by atoms with van der Waals surface area (Å²) in [7, 11) is 0. The Hall–Kier alpha value is -4.14. The van der Waals surface area contributed by atoms with Gasteiger partial charge in [-0.3, -0.25) is 10.1 Å². The highest BCUT2D eigenvalue weighted by Crippen LogP contribution is 2.42. The number of para-hydroxylation sites is 1. The van der Waals surface area contributed by atoms with Crippen LogP contribution in [0.15, 0.2) is 71.1 Å². The van der Waals surface area contributed by atoms with E-state index in [1.54, 1.807) is 50.2 Å². The molecule has 3 rings (SSSR count). The highest BCUT2D eigenvalue weighted by Gasteiger charge is 2.37. The van der Waals surface area contributed by atoms with Crippen molar-refractivity contribution in [2.24, 2.45) is 0 Å². The maximum atomic E-state index is 12.0. The van der Waals surface area contributed by atoms with Gasteiger partial charge in [-0.25, -0.2) is 9.59 Å². The van der Waals surface area contributed by atoms with Gasteiger partial charge in [-0.1, -0.05) is 30.3 Å². The first-order valence-electron chi connectivity index (χ1n) is 9.31. The second-order valence-corrected chi connectivity index (χ2v) is 7.00. The number of aliphatic carboxylic acids is 2. The summed E-state index contributed by atoms with van der Waals surface area (Å²) >= 11 is 0. The van der Waals surface area contributed by atoms with Crippen LogP contribution in [-0.4, -0.2) is 27.1 Å². The predicted molar refractivity (Wildman–Crippen MR) is 110 cm³/mol. The van der Waals surface area contributed by atoms with Crippen LogP contribution >= 0.6 is 0 Å². The molecule has 1 aliphatic heterocycles. The molecule has 0 saturated carbocycles. The van der Waals surface area contributed by atoms with E-state index in [2.05, 4.69) is 5.32 Å². The van der Waals surface area contributed by atoms with Crippen molar-refractivity contribution in [2.75, 3.05) is 0 Å². The van der Waals surface area contributed by atoms with Crippen LogP contribution in [0.4, 0.5) is 5.69 Å². The van der Waals surface area contributed by atoms with Gasteiger partial charge in [0.05, 0.1) is 22.0 Å². The number of carbonyl (C=O) groups is 2. The second kappa shape index (κ2) is 8.70. The zero-order chi connectivity index (χ0) is 22.7. The lowest BCUT2D eigenvalue weighted by Crippen LogP contribution is -2.31. The molecule has 0 unspecified atom stereocenters. The molecule has 31 heavy (non-hydrogen) atoms. The summed E-state index contributed by atoms with van der Waals surface area (Å²) in [6, 6.07) is 12.5. The van der Waals surface area contributed by atoms with Gasteiger partial charge in [0, 0.05) is 29.1 Å². The number of carboxylic acids is 2. The Kier molecular flexibility index (Phi) is 6.05. The van der Waals surface area contributed by atoms with Crippen molar-refractivity contribution in [3.05, 3.63) is 92.3 Å². The second-order valence-electron chi connectivity index (χ2n) is 7.00. The first-order chi connectivity index (χ1) is 14.7. The molecule has 0 aliphatic carbocycles. The molecule has 0 radical (unpaired) electrons. The standard InChI is InChI=1S/C22H20N2O7/c1-12-18(21(25)26)20(19(22(27)28)13(2)23-12)16-8-3-4-9-17(16)31-11-14-6-5-7-15(10-14)24(29)30/h3-10,20,23H,11H2,1-2H3,(H,25,26)(H,27,28). The molecule has 160 valence electrons. The van der Waals surface area contributed by atoms with E-state index in [4.69, 9.17) is 4.74 Å². The van der Waals surface area contributed by atoms with Crippen molar-refractivity contribution in [2.45, 2.75) is 26.4 Å². The van der Waals surface area contributed by atoms with Crippen LogP contribution in [0.3, 0.4) is 0 Å². The lowest BCUT2D eigenvalue weighted by atomic mass is 9.80. The minimum Gasteiger partial charge on any atom is -0.489 e. The van der Waals surface area contributed by atoms with Gasteiger partial charge in [0.1, 0.15) is 12.4 Å². The topological polar surface area (TPSA) is 139 Å². The summed E-state index contributed by atoms with van der Waals surface area (Å²) in [5.41, 5.74) is 1.35. The van der Waals surface area contributed by atoms with Crippen LogP contribution in [0.1, 0.15) is 30.9 Å². The molecule has 0 bridgehead atoms. The van der Waals surface area contributed by atoms with Crippen molar-refractivity contribution in [1.82, 2.24) is 5.32 Å². The lowest BCUT2D eigenvalue weighted by molar-refractivity contribution is -0.384. The smallest absolute Gasteiger partial charge is 0.334 e. The molecular weight excluding hydrogens is 404 g/mol. The van der Waals surface area contributed by atoms with Gasteiger partial charge in [0.25, 0.3) is 5.69 Å². The Balaban J connectivity index is 2.03. The minimum atomic E-state index is -1.24. The quantitative estimate of drug-likeness (QED) is 0.453. The number of rotatable bonds is 7. The molecule has 0 amide bonds. The lowest BCUT2D eigenvalue weighted by Gasteiger charge is -2.29. The van der Waals surface area contributed by atoms with Crippen molar-refractivity contribution in [3.63, 3.8) is 0 Å². The van der Waals surface area contributed by atoms with Gasteiger partial charge in [-0.15, -0.1) is 0 Å². The number of allylic oxidation sites excluding steroid dienone is 2. The fourth-order valence-corrected chi connectivity index (χ4v) is 3.64. The number of hydrogen-bond donors (Lipinski definition) is 3. The summed E-state index contributed by atoms with van der Waals surface area (Å²) in [6.07, 6.45) is 0. The predicted octanol–water partition coefficient (Wildman–Crippen LogP) is 3.58. The summed E-state index contributed by atoms with van der Waals surface area (Å²) in [4.78, 5) is 34.5. The molecular formula is C22H20N2O7. The Morgan fingerprint density at radius 1 is 1.03 bits per heavy atom. The van der Waals surface area contributed by atoms with Gasteiger partial charge in [-0.2, -0.15) is 0 Å². The first-order valence-corrected chi connectivity index (χ1v) is 9.31. The van der Waals surface area contributed by atoms with Crippen molar-refractivity contribution < 1.29 is 29.5 Å². The minimum absolute atomic E-state index is 0.0140. The number of hydrogen-bond acceptors (Lipinski definition) is 6. The Morgan fingerprint density at radius 2 is 1.65 bits per heavy atom. The van der Waals surface area contributed by atoms with Gasteiger partial charge in [0.15, 0.2) is 0 Å². The maximum Gasteiger partial charge on any atom is 0.334 e. The number of benzene rings is 2. The van der Waals surface area contributed by atoms with Crippen LogP contribution in [0, 0.1) is 10.1 Å². The molecule has 2 aromatic rings. The highest BCUT2D eigenvalue weighted by molar-refractivity contribution is 5.98. The maximum absolute atomic E-state index is 12.0. The summed E-state index contributed by atoms with van der Waals surface area (Å²) < 4.78 is 5.86. The fourth-order valence-electron chi connectivity index (χ4n) is 3.64. The Labute approximate surface area is 177 Å². The Morgan fingerprint density at radius 3 is 2.23 bits per heavy atom. The largest absolute Gasteiger partial charge is 0.489 e. The molecule has 0 fully saturated rings. The van der Waals surface area contributed by atoms with Crippen molar-refractivity contribution in [3.8, 4) is 5.75 Å². The zero-order valence-electron chi connectivity index (χ0n) is 16.8. The number of non-ortho nitro benzene ring substituents is 1. The van der Waals surface area contributed by atoms with Gasteiger partial charge >= 0.3 is 11.9 Å². The highest BCUT2D eigenvalue weighted by atomic mass is 16.6. The number of nitrogens with one attached hydrogen (secondary N) is 1. The van der Waals surface area contributed by atoms with Gasteiger partial charge < -0.3 is 20.3 Å². The van der Waals surface area contributed by atoms with E-state index in [1.807, 2.05) is 0 Å². The van der Waals surface area contributed by atoms with Crippen LogP contribution in [-0.2, 0) is 16.2 Å².